The summed E-state index contributed by atoms with van der Waals surface area (Å²) in [6.45, 7) is 9.26. The average molecular weight is 389 g/mol. The lowest BCUT2D eigenvalue weighted by atomic mass is 10.1. The van der Waals surface area contributed by atoms with Crippen molar-refractivity contribution >= 4 is 21.6 Å². The van der Waals surface area contributed by atoms with Crippen LogP contribution in [0.5, 0.6) is 0 Å². The first kappa shape index (κ1) is 21.1. The molecule has 0 fully saturated rings. The number of carbonyl (C=O) groups excluding carboxylic acids is 1. The monoisotopic (exact) mass is 388 g/mol. The van der Waals surface area contributed by atoms with Crippen LogP contribution in [-0.4, -0.2) is 39.3 Å². The van der Waals surface area contributed by atoms with Gasteiger partial charge in [0.05, 0.1) is 11.4 Å². The van der Waals surface area contributed by atoms with Gasteiger partial charge in [-0.25, -0.2) is 8.42 Å². The van der Waals surface area contributed by atoms with Gasteiger partial charge in [0, 0.05) is 19.8 Å². The van der Waals surface area contributed by atoms with Crippen LogP contribution in [0.4, 0.5) is 5.69 Å². The number of sulfonamides is 1. The predicted octanol–water partition coefficient (Wildman–Crippen LogP) is 3.51. The Morgan fingerprint density at radius 3 is 1.93 bits per heavy atom. The van der Waals surface area contributed by atoms with Gasteiger partial charge in [-0.2, -0.15) is 4.31 Å². The third kappa shape index (κ3) is 4.39. The van der Waals surface area contributed by atoms with E-state index in [2.05, 4.69) is 0 Å². The van der Waals surface area contributed by atoms with E-state index in [4.69, 9.17) is 0 Å². The van der Waals surface area contributed by atoms with Crippen molar-refractivity contribution in [3.05, 3.63) is 58.1 Å². The number of amides is 1. The molecule has 0 spiro atoms. The van der Waals surface area contributed by atoms with Gasteiger partial charge in [-0.15, -0.1) is 0 Å². The summed E-state index contributed by atoms with van der Waals surface area (Å²) in [5.41, 5.74) is 5.36. The number of carbonyl (C=O) groups is 1. The molecule has 5 nitrogen and oxygen atoms in total. The molecule has 146 valence electrons. The SMILES string of the molecule is Cc1cc(C)c(S(=O)(=O)N(C)CC(=O)N(C)c2ccc(C)c(C)c2)c(C)c1. The van der Waals surface area contributed by atoms with E-state index < -0.39 is 10.0 Å². The van der Waals surface area contributed by atoms with Crippen molar-refractivity contribution in [2.45, 2.75) is 39.5 Å². The molecule has 0 N–H and O–H groups in total. The Balaban J connectivity index is 2.26. The van der Waals surface area contributed by atoms with Crippen molar-refractivity contribution in [2.75, 3.05) is 25.5 Å². The van der Waals surface area contributed by atoms with E-state index >= 15 is 0 Å². The molecule has 0 aromatic heterocycles. The second-order valence-corrected chi connectivity index (χ2v) is 9.19. The smallest absolute Gasteiger partial charge is 0.243 e. The first-order chi connectivity index (χ1) is 12.4. The molecule has 1 amide bonds. The summed E-state index contributed by atoms with van der Waals surface area (Å²) in [7, 11) is -0.650. The molecule has 0 aliphatic carbocycles. The van der Waals surface area contributed by atoms with E-state index in [1.165, 1.54) is 11.9 Å². The number of hydrogen-bond acceptors (Lipinski definition) is 3. The summed E-state index contributed by atoms with van der Waals surface area (Å²) in [6.07, 6.45) is 0. The Bertz CT molecular complexity index is 958. The highest BCUT2D eigenvalue weighted by atomic mass is 32.2. The highest BCUT2D eigenvalue weighted by Gasteiger charge is 2.27. The van der Waals surface area contributed by atoms with Crippen molar-refractivity contribution in [3.8, 4) is 0 Å². The molecule has 0 saturated carbocycles. The molecule has 0 radical (unpaired) electrons. The van der Waals surface area contributed by atoms with Gasteiger partial charge in [0.2, 0.25) is 15.9 Å². The van der Waals surface area contributed by atoms with Crippen LogP contribution in [-0.2, 0) is 14.8 Å². The van der Waals surface area contributed by atoms with Gasteiger partial charge >= 0.3 is 0 Å². The third-order valence-electron chi connectivity index (χ3n) is 4.88. The Kier molecular flexibility index (Phi) is 6.12. The van der Waals surface area contributed by atoms with Crippen LogP contribution < -0.4 is 4.90 Å². The van der Waals surface area contributed by atoms with Crippen LogP contribution in [0.3, 0.4) is 0 Å². The van der Waals surface area contributed by atoms with Crippen LogP contribution in [0.1, 0.15) is 27.8 Å². The van der Waals surface area contributed by atoms with Gasteiger partial charge in [0.25, 0.3) is 0 Å². The number of likely N-dealkylation sites (N-methyl/N-ethyl adjacent to an activating group) is 2. The molecule has 2 rings (SSSR count). The van der Waals surface area contributed by atoms with E-state index in [1.807, 2.05) is 51.1 Å². The lowest BCUT2D eigenvalue weighted by Gasteiger charge is -2.24. The van der Waals surface area contributed by atoms with Crippen molar-refractivity contribution in [3.63, 3.8) is 0 Å². The average Bonchev–Trinajstić information content (AvgIpc) is 2.55. The first-order valence-corrected chi connectivity index (χ1v) is 10.3. The fourth-order valence-electron chi connectivity index (χ4n) is 3.19. The minimum atomic E-state index is -3.76. The van der Waals surface area contributed by atoms with Crippen LogP contribution >= 0.6 is 0 Å². The maximum Gasteiger partial charge on any atom is 0.243 e. The Morgan fingerprint density at radius 1 is 0.852 bits per heavy atom. The number of rotatable bonds is 5. The summed E-state index contributed by atoms with van der Waals surface area (Å²) < 4.78 is 27.2. The lowest BCUT2D eigenvalue weighted by molar-refractivity contribution is -0.118. The van der Waals surface area contributed by atoms with Crippen molar-refractivity contribution in [1.82, 2.24) is 4.31 Å². The summed E-state index contributed by atoms with van der Waals surface area (Å²) >= 11 is 0. The summed E-state index contributed by atoms with van der Waals surface area (Å²) in [4.78, 5) is 14.4. The number of nitrogens with zero attached hydrogens (tertiary/aromatic N) is 2. The molecule has 0 bridgehead atoms. The van der Waals surface area contributed by atoms with E-state index in [9.17, 15) is 13.2 Å². The maximum atomic E-state index is 13.0. The maximum absolute atomic E-state index is 13.0. The highest BCUT2D eigenvalue weighted by Crippen LogP contribution is 2.25. The van der Waals surface area contributed by atoms with Gasteiger partial charge in [-0.05, 0) is 69.0 Å². The zero-order valence-corrected chi connectivity index (χ0v) is 17.9. The molecule has 0 aliphatic rings. The van der Waals surface area contributed by atoms with Crippen LogP contribution in [0.15, 0.2) is 35.2 Å². The van der Waals surface area contributed by atoms with E-state index in [1.54, 1.807) is 20.9 Å². The second-order valence-electron chi connectivity index (χ2n) is 7.21. The van der Waals surface area contributed by atoms with Gasteiger partial charge in [0.15, 0.2) is 0 Å². The number of anilines is 1. The van der Waals surface area contributed by atoms with Crippen LogP contribution in [0.25, 0.3) is 0 Å². The predicted molar refractivity (Wildman–Crippen MR) is 110 cm³/mol. The van der Waals surface area contributed by atoms with Crippen molar-refractivity contribution in [1.29, 1.82) is 0 Å². The fourth-order valence-corrected chi connectivity index (χ4v) is 4.71. The second kappa shape index (κ2) is 7.82. The van der Waals surface area contributed by atoms with Crippen LogP contribution in [0, 0.1) is 34.6 Å². The molecular formula is C21H28N2O3S. The van der Waals surface area contributed by atoms with Gasteiger partial charge < -0.3 is 4.90 Å². The van der Waals surface area contributed by atoms with Gasteiger partial charge in [-0.3, -0.25) is 4.79 Å². The van der Waals surface area contributed by atoms with Gasteiger partial charge in [-0.1, -0.05) is 23.8 Å². The molecule has 6 heteroatoms. The molecule has 0 aliphatic heterocycles. The minimum Gasteiger partial charge on any atom is -0.314 e. The van der Waals surface area contributed by atoms with E-state index in [-0.39, 0.29) is 17.3 Å². The number of hydrogen-bond donors (Lipinski definition) is 0. The normalized spacial score (nSPS) is 11.7. The zero-order chi connectivity index (χ0) is 20.5. The molecular weight excluding hydrogens is 360 g/mol. The Hall–Kier alpha value is -2.18. The first-order valence-electron chi connectivity index (χ1n) is 8.83. The molecule has 2 aromatic rings. The van der Waals surface area contributed by atoms with E-state index in [0.29, 0.717) is 11.1 Å². The standard InChI is InChI=1S/C21H28N2O3S/c1-14-10-17(4)21(18(5)11-14)27(25,26)22(6)13-20(24)23(7)19-9-8-15(2)16(3)12-19/h8-12H,13H2,1-7H3. The van der Waals surface area contributed by atoms with Crippen molar-refractivity contribution in [2.24, 2.45) is 0 Å². The van der Waals surface area contributed by atoms with Gasteiger partial charge in [0.1, 0.15) is 0 Å². The largest absolute Gasteiger partial charge is 0.314 e. The number of aryl methyl sites for hydroxylation is 5. The Labute approximate surface area is 162 Å². The zero-order valence-electron chi connectivity index (χ0n) is 17.1. The molecule has 2 aromatic carbocycles. The number of benzene rings is 2. The highest BCUT2D eigenvalue weighted by molar-refractivity contribution is 7.89. The molecule has 0 heterocycles. The lowest BCUT2D eigenvalue weighted by Crippen LogP contribution is -2.39. The minimum absolute atomic E-state index is 0.224. The molecule has 0 atom stereocenters. The Morgan fingerprint density at radius 2 is 1.41 bits per heavy atom. The summed E-state index contributed by atoms with van der Waals surface area (Å²) in [5, 5.41) is 0. The molecule has 0 unspecified atom stereocenters. The summed E-state index contributed by atoms with van der Waals surface area (Å²) in [6, 6.07) is 9.43. The molecule has 27 heavy (non-hydrogen) atoms. The van der Waals surface area contributed by atoms with Crippen molar-refractivity contribution < 1.29 is 13.2 Å². The molecule has 0 saturated heterocycles. The summed E-state index contributed by atoms with van der Waals surface area (Å²) in [5.74, 6) is -0.285. The third-order valence-corrected chi connectivity index (χ3v) is 6.99. The quantitative estimate of drug-likeness (QED) is 0.788. The topological polar surface area (TPSA) is 57.7 Å². The van der Waals surface area contributed by atoms with Crippen LogP contribution in [0.2, 0.25) is 0 Å². The van der Waals surface area contributed by atoms with E-state index in [0.717, 1.165) is 26.7 Å². The fraction of sp³-hybridized carbons (Fsp3) is 0.381.